The Morgan fingerprint density at radius 2 is 2.40 bits per heavy atom. The molecule has 0 aromatic rings. The Morgan fingerprint density at radius 3 is 2.70 bits per heavy atom. The molecule has 3 nitrogen and oxygen atoms in total. The third-order valence-corrected chi connectivity index (χ3v) is 2.19. The van der Waals surface area contributed by atoms with Crippen LogP contribution >= 0.6 is 11.8 Å². The molecule has 1 N–H and O–H groups in total. The first-order chi connectivity index (χ1) is 4.74. The van der Waals surface area contributed by atoms with Gasteiger partial charge in [0.05, 0.1) is 5.37 Å². The molecule has 0 rings (SSSR count). The van der Waals surface area contributed by atoms with Crippen molar-refractivity contribution >= 4 is 18.2 Å². The van der Waals surface area contributed by atoms with Crippen molar-refractivity contribution in [2.45, 2.75) is 5.37 Å². The number of amides is 1. The average molecular weight is 162 g/mol. The summed E-state index contributed by atoms with van der Waals surface area (Å²) in [4.78, 5) is 11.8. The van der Waals surface area contributed by atoms with E-state index in [4.69, 9.17) is 0 Å². The fourth-order valence-electron chi connectivity index (χ4n) is 0.588. The number of likely N-dealkylation sites (N-methyl/N-ethyl adjacent to an activating group) is 2. The zero-order chi connectivity index (χ0) is 7.98. The van der Waals surface area contributed by atoms with Crippen molar-refractivity contribution in [1.82, 2.24) is 10.2 Å². The van der Waals surface area contributed by atoms with Gasteiger partial charge in [-0.2, -0.15) is 0 Å². The Bertz CT molecular complexity index is 95.7. The van der Waals surface area contributed by atoms with Gasteiger partial charge in [0.2, 0.25) is 6.41 Å². The Balaban J connectivity index is 3.51. The molecule has 0 aliphatic carbocycles. The lowest BCUT2D eigenvalue weighted by atomic mass is 10.6. The quantitative estimate of drug-likeness (QED) is 0.455. The maximum absolute atomic E-state index is 10.2. The van der Waals surface area contributed by atoms with Crippen LogP contribution in [-0.2, 0) is 4.79 Å². The van der Waals surface area contributed by atoms with Crippen LogP contribution in [0.4, 0.5) is 0 Å². The molecule has 0 saturated heterocycles. The molecule has 60 valence electrons. The second-order valence-electron chi connectivity index (χ2n) is 2.06. The van der Waals surface area contributed by atoms with Crippen LogP contribution in [0.25, 0.3) is 0 Å². The molecule has 1 amide bonds. The Hall–Kier alpha value is -0.220. The summed E-state index contributed by atoms with van der Waals surface area (Å²) < 4.78 is 0. The van der Waals surface area contributed by atoms with Crippen LogP contribution in [-0.4, -0.2) is 43.6 Å². The highest BCUT2D eigenvalue weighted by Gasteiger charge is 2.04. The second-order valence-corrected chi connectivity index (χ2v) is 3.10. The minimum atomic E-state index is 0.343. The van der Waals surface area contributed by atoms with Crippen LogP contribution in [0.2, 0.25) is 0 Å². The summed E-state index contributed by atoms with van der Waals surface area (Å²) in [7, 11) is 3.66. The van der Waals surface area contributed by atoms with E-state index in [1.54, 1.807) is 23.7 Å². The van der Waals surface area contributed by atoms with Gasteiger partial charge < -0.3 is 10.2 Å². The highest BCUT2D eigenvalue weighted by molar-refractivity contribution is 7.99. The summed E-state index contributed by atoms with van der Waals surface area (Å²) in [5, 5.41) is 3.42. The molecular weight excluding hydrogens is 148 g/mol. The largest absolute Gasteiger partial charge is 0.346 e. The molecule has 1 atom stereocenters. The molecule has 0 fully saturated rings. The highest BCUT2D eigenvalue weighted by Crippen LogP contribution is 2.01. The minimum Gasteiger partial charge on any atom is -0.346 e. The predicted octanol–water partition coefficient (Wildman–Crippen LogP) is -0.0169. The van der Waals surface area contributed by atoms with Gasteiger partial charge in [0.15, 0.2) is 0 Å². The van der Waals surface area contributed by atoms with Crippen LogP contribution in [0.1, 0.15) is 0 Å². The van der Waals surface area contributed by atoms with Crippen LogP contribution < -0.4 is 5.32 Å². The lowest BCUT2D eigenvalue weighted by Gasteiger charge is -2.18. The average Bonchev–Trinajstić information content (AvgIpc) is 1.99. The maximum atomic E-state index is 10.2. The van der Waals surface area contributed by atoms with Crippen molar-refractivity contribution in [3.05, 3.63) is 0 Å². The Morgan fingerprint density at radius 1 is 1.80 bits per heavy atom. The molecule has 10 heavy (non-hydrogen) atoms. The number of nitrogens with zero attached hydrogens (tertiary/aromatic N) is 1. The fourth-order valence-corrected chi connectivity index (χ4v) is 1.21. The van der Waals surface area contributed by atoms with E-state index in [-0.39, 0.29) is 0 Å². The lowest BCUT2D eigenvalue weighted by molar-refractivity contribution is -0.117. The zero-order valence-electron chi connectivity index (χ0n) is 6.63. The maximum Gasteiger partial charge on any atom is 0.209 e. The van der Waals surface area contributed by atoms with E-state index in [1.165, 1.54) is 0 Å². The van der Waals surface area contributed by atoms with E-state index in [9.17, 15) is 4.79 Å². The molecule has 0 radical (unpaired) electrons. The monoisotopic (exact) mass is 162 g/mol. The van der Waals surface area contributed by atoms with Gasteiger partial charge in [-0.15, -0.1) is 11.8 Å². The van der Waals surface area contributed by atoms with Gasteiger partial charge in [-0.25, -0.2) is 0 Å². The number of hydrogen-bond donors (Lipinski definition) is 1. The first-order valence-corrected chi connectivity index (χ1v) is 4.39. The van der Waals surface area contributed by atoms with E-state index < -0.39 is 0 Å². The molecule has 0 aliphatic rings. The summed E-state index contributed by atoms with van der Waals surface area (Å²) in [6, 6.07) is 0. The molecule has 0 aliphatic heterocycles. The number of hydrogen-bond acceptors (Lipinski definition) is 3. The Kier molecular flexibility index (Phi) is 5.43. The van der Waals surface area contributed by atoms with Crippen molar-refractivity contribution < 1.29 is 4.79 Å². The second kappa shape index (κ2) is 5.56. The van der Waals surface area contributed by atoms with Crippen LogP contribution in [0.3, 0.4) is 0 Å². The lowest BCUT2D eigenvalue weighted by Crippen LogP contribution is -2.34. The first-order valence-electron chi connectivity index (χ1n) is 3.10. The molecule has 0 spiro atoms. The van der Waals surface area contributed by atoms with Gasteiger partial charge in [0.1, 0.15) is 0 Å². The Labute approximate surface area is 66.2 Å². The van der Waals surface area contributed by atoms with Crippen LogP contribution in [0.5, 0.6) is 0 Å². The number of rotatable bonds is 5. The van der Waals surface area contributed by atoms with Crippen LogP contribution in [0, 0.1) is 0 Å². The standard InChI is InChI=1S/C6H14N2OS/c1-7-6(10-3)4-8(2)5-9/h5-7H,4H2,1-3H3. The van der Waals surface area contributed by atoms with Crippen molar-refractivity contribution in [2.75, 3.05) is 26.9 Å². The number of thioether (sulfide) groups is 1. The third-order valence-electron chi connectivity index (χ3n) is 1.24. The molecular formula is C6H14N2OS. The summed E-state index contributed by atoms with van der Waals surface area (Å²) in [5.74, 6) is 0. The molecule has 1 unspecified atom stereocenters. The molecule has 0 aromatic carbocycles. The fraction of sp³-hybridized carbons (Fsp3) is 0.833. The number of carbonyl (C=O) groups is 1. The van der Waals surface area contributed by atoms with Gasteiger partial charge in [-0.05, 0) is 13.3 Å². The summed E-state index contributed by atoms with van der Waals surface area (Å²) in [5.41, 5.74) is 0. The van der Waals surface area contributed by atoms with Crippen molar-refractivity contribution in [2.24, 2.45) is 0 Å². The molecule has 0 bridgehead atoms. The predicted molar refractivity (Wildman–Crippen MR) is 45.1 cm³/mol. The molecule has 0 saturated carbocycles. The molecule has 4 heteroatoms. The van der Waals surface area contributed by atoms with E-state index in [2.05, 4.69) is 5.32 Å². The summed E-state index contributed by atoms with van der Waals surface area (Å²) in [6.45, 7) is 0.751. The van der Waals surface area contributed by atoms with Crippen molar-refractivity contribution in [3.63, 3.8) is 0 Å². The van der Waals surface area contributed by atoms with E-state index in [1.807, 2.05) is 13.3 Å². The zero-order valence-corrected chi connectivity index (χ0v) is 7.44. The van der Waals surface area contributed by atoms with Crippen LogP contribution in [0.15, 0.2) is 0 Å². The van der Waals surface area contributed by atoms with E-state index >= 15 is 0 Å². The van der Waals surface area contributed by atoms with Gasteiger partial charge in [-0.1, -0.05) is 0 Å². The van der Waals surface area contributed by atoms with Crippen molar-refractivity contribution in [3.8, 4) is 0 Å². The van der Waals surface area contributed by atoms with Gasteiger partial charge in [0, 0.05) is 13.6 Å². The highest BCUT2D eigenvalue weighted by atomic mass is 32.2. The smallest absolute Gasteiger partial charge is 0.209 e. The number of nitrogens with one attached hydrogen (secondary N) is 1. The minimum absolute atomic E-state index is 0.343. The SMILES string of the molecule is CNC(CN(C)C=O)SC. The van der Waals surface area contributed by atoms with Gasteiger partial charge in [-0.3, -0.25) is 4.79 Å². The molecule has 0 aromatic heterocycles. The summed E-state index contributed by atoms with van der Waals surface area (Å²) in [6.07, 6.45) is 2.85. The van der Waals surface area contributed by atoms with Gasteiger partial charge in [0.25, 0.3) is 0 Å². The number of carbonyl (C=O) groups excluding carboxylic acids is 1. The van der Waals surface area contributed by atoms with E-state index in [0.29, 0.717) is 5.37 Å². The normalized spacial score (nSPS) is 12.7. The first kappa shape index (κ1) is 9.78. The third kappa shape index (κ3) is 3.74. The topological polar surface area (TPSA) is 32.3 Å². The molecule has 0 heterocycles. The van der Waals surface area contributed by atoms with Gasteiger partial charge >= 0.3 is 0 Å². The summed E-state index contributed by atoms with van der Waals surface area (Å²) >= 11 is 1.70. The van der Waals surface area contributed by atoms with E-state index in [0.717, 1.165) is 13.0 Å². The van der Waals surface area contributed by atoms with Crippen molar-refractivity contribution in [1.29, 1.82) is 0 Å².